The summed E-state index contributed by atoms with van der Waals surface area (Å²) in [5.74, 6) is 0. The Bertz CT molecular complexity index is 1270. The summed E-state index contributed by atoms with van der Waals surface area (Å²) in [5, 5.41) is 6.29. The fourth-order valence-electron chi connectivity index (χ4n) is 5.83. The highest BCUT2D eigenvalue weighted by molar-refractivity contribution is 6.99. The van der Waals surface area contributed by atoms with Crippen LogP contribution < -0.4 is 5.19 Å². The first-order valence-corrected chi connectivity index (χ1v) is 13.5. The van der Waals surface area contributed by atoms with Crippen LogP contribution >= 0.6 is 0 Å². The van der Waals surface area contributed by atoms with Gasteiger partial charge in [0.15, 0.2) is 0 Å². The predicted octanol–water partition coefficient (Wildman–Crippen LogP) is 6.58. The highest BCUT2D eigenvalue weighted by atomic mass is 28.3. The zero-order valence-electron chi connectivity index (χ0n) is 16.6. The van der Waals surface area contributed by atoms with Gasteiger partial charge in [0.1, 0.15) is 8.07 Å². The van der Waals surface area contributed by atoms with Crippen molar-refractivity contribution in [2.75, 3.05) is 0 Å². The Balaban J connectivity index is 1.81. The third-order valence-electron chi connectivity index (χ3n) is 7.02. The zero-order chi connectivity index (χ0) is 18.9. The van der Waals surface area contributed by atoms with E-state index >= 15 is 0 Å². The molecule has 0 atom stereocenters. The molecule has 2 heteroatoms. The largest absolute Gasteiger partial charge is 0.309 e. The standard InChI is InChI=1S/C26H25NSi/c1-28(2)24-15-9-7-13-20(24)22-17-16-21-19-12-6-8-14-23(19)27(25(21)26(22)28)18-10-4-3-5-11-18/h3-6,8,10-12,14,16-17H,7,9,13,15H2,1-2H3. The molecule has 1 nitrogen and oxygen atoms in total. The normalized spacial score (nSPS) is 17.9. The molecule has 0 fully saturated rings. The van der Waals surface area contributed by atoms with Gasteiger partial charge in [-0.15, -0.1) is 0 Å². The van der Waals surface area contributed by atoms with Crippen LogP contribution in [0.2, 0.25) is 13.1 Å². The van der Waals surface area contributed by atoms with E-state index in [2.05, 4.69) is 84.4 Å². The van der Waals surface area contributed by atoms with E-state index in [-0.39, 0.29) is 0 Å². The Labute approximate surface area is 167 Å². The van der Waals surface area contributed by atoms with Gasteiger partial charge in [-0.25, -0.2) is 0 Å². The number of hydrogen-bond acceptors (Lipinski definition) is 0. The molecule has 0 bridgehead atoms. The van der Waals surface area contributed by atoms with Crippen molar-refractivity contribution >= 4 is 40.6 Å². The lowest BCUT2D eigenvalue weighted by Crippen LogP contribution is -2.42. The minimum atomic E-state index is -1.66. The lowest BCUT2D eigenvalue weighted by atomic mass is 9.93. The monoisotopic (exact) mass is 379 g/mol. The summed E-state index contributed by atoms with van der Waals surface area (Å²) in [4.78, 5) is 0. The van der Waals surface area contributed by atoms with Crippen molar-refractivity contribution in [1.29, 1.82) is 0 Å². The van der Waals surface area contributed by atoms with E-state index in [0.29, 0.717) is 0 Å². The van der Waals surface area contributed by atoms with Crippen LogP contribution in [-0.4, -0.2) is 12.6 Å². The number of fused-ring (bicyclic) bond motifs is 6. The quantitative estimate of drug-likeness (QED) is 0.329. The second-order valence-corrected chi connectivity index (χ2v) is 13.2. The first kappa shape index (κ1) is 16.4. The molecule has 3 aromatic carbocycles. The second-order valence-electron chi connectivity index (χ2n) is 8.86. The average Bonchev–Trinajstić information content (AvgIpc) is 3.19. The molecule has 1 aromatic heterocycles. The molecule has 0 radical (unpaired) electrons. The minimum absolute atomic E-state index is 1.27. The van der Waals surface area contributed by atoms with Crippen molar-refractivity contribution < 1.29 is 0 Å². The van der Waals surface area contributed by atoms with Gasteiger partial charge in [0.05, 0.1) is 11.0 Å². The Morgan fingerprint density at radius 2 is 1.50 bits per heavy atom. The molecule has 0 unspecified atom stereocenters. The fraction of sp³-hybridized carbons (Fsp3) is 0.231. The third kappa shape index (κ3) is 2.02. The Morgan fingerprint density at radius 1 is 0.750 bits per heavy atom. The van der Waals surface area contributed by atoms with E-state index in [4.69, 9.17) is 0 Å². The molecule has 0 N–H and O–H groups in total. The van der Waals surface area contributed by atoms with Crippen molar-refractivity contribution in [3.8, 4) is 5.69 Å². The van der Waals surface area contributed by atoms with Gasteiger partial charge in [-0.3, -0.25) is 0 Å². The smallest absolute Gasteiger partial charge is 0.111 e. The molecule has 2 aliphatic rings. The van der Waals surface area contributed by atoms with Crippen LogP contribution in [0.4, 0.5) is 0 Å². The van der Waals surface area contributed by atoms with Crippen LogP contribution in [0.5, 0.6) is 0 Å². The molecular formula is C26H25NSi. The van der Waals surface area contributed by atoms with Crippen molar-refractivity contribution in [2.45, 2.75) is 38.8 Å². The maximum absolute atomic E-state index is 2.59. The summed E-state index contributed by atoms with van der Waals surface area (Å²) < 4.78 is 2.54. The van der Waals surface area contributed by atoms with Crippen molar-refractivity contribution in [1.82, 2.24) is 4.57 Å². The number of benzene rings is 3. The Morgan fingerprint density at radius 3 is 2.36 bits per heavy atom. The first-order valence-electron chi connectivity index (χ1n) is 10.5. The zero-order valence-corrected chi connectivity index (χ0v) is 17.6. The summed E-state index contributed by atoms with van der Waals surface area (Å²) in [6, 6.07) is 24.7. The van der Waals surface area contributed by atoms with E-state index in [9.17, 15) is 0 Å². The van der Waals surface area contributed by atoms with Crippen molar-refractivity contribution in [3.05, 3.63) is 77.5 Å². The van der Waals surface area contributed by atoms with Gasteiger partial charge in [0, 0.05) is 16.5 Å². The first-order chi connectivity index (χ1) is 13.7. The molecule has 2 heterocycles. The SMILES string of the molecule is C[Si]1(C)C2=C(CCCC2)c2ccc3c4ccccc4n(-c4ccccc4)c3c21. The van der Waals surface area contributed by atoms with Gasteiger partial charge in [0.25, 0.3) is 0 Å². The predicted molar refractivity (Wildman–Crippen MR) is 123 cm³/mol. The van der Waals surface area contributed by atoms with Gasteiger partial charge in [-0.2, -0.15) is 0 Å². The maximum atomic E-state index is 2.59. The molecule has 0 saturated carbocycles. The summed E-state index contributed by atoms with van der Waals surface area (Å²) in [7, 11) is -1.66. The summed E-state index contributed by atoms with van der Waals surface area (Å²) in [5.41, 5.74) is 7.34. The van der Waals surface area contributed by atoms with Crippen LogP contribution in [0.1, 0.15) is 31.2 Å². The molecule has 6 rings (SSSR count). The topological polar surface area (TPSA) is 4.93 Å². The van der Waals surface area contributed by atoms with Crippen LogP contribution in [0, 0.1) is 0 Å². The third-order valence-corrected chi connectivity index (χ3v) is 10.8. The van der Waals surface area contributed by atoms with Crippen LogP contribution in [0.25, 0.3) is 33.1 Å². The van der Waals surface area contributed by atoms with Crippen LogP contribution in [-0.2, 0) is 0 Å². The molecule has 0 spiro atoms. The summed E-state index contributed by atoms with van der Waals surface area (Å²) in [6.07, 6.45) is 5.31. The molecule has 4 aromatic rings. The van der Waals surface area contributed by atoms with Crippen LogP contribution in [0.3, 0.4) is 0 Å². The molecule has 28 heavy (non-hydrogen) atoms. The average molecular weight is 380 g/mol. The van der Waals surface area contributed by atoms with Gasteiger partial charge < -0.3 is 4.57 Å². The van der Waals surface area contributed by atoms with E-state index in [0.717, 1.165) is 0 Å². The molecule has 1 aliphatic carbocycles. The summed E-state index contributed by atoms with van der Waals surface area (Å²) >= 11 is 0. The maximum Gasteiger partial charge on any atom is 0.111 e. The number of aromatic nitrogens is 1. The Kier molecular flexibility index (Phi) is 3.34. The minimum Gasteiger partial charge on any atom is -0.309 e. The molecular weight excluding hydrogens is 354 g/mol. The van der Waals surface area contributed by atoms with E-state index < -0.39 is 8.07 Å². The molecule has 0 saturated heterocycles. The van der Waals surface area contributed by atoms with Crippen molar-refractivity contribution in [2.24, 2.45) is 0 Å². The van der Waals surface area contributed by atoms with E-state index in [1.54, 1.807) is 16.3 Å². The lowest BCUT2D eigenvalue weighted by Gasteiger charge is -2.25. The number of hydrogen-bond donors (Lipinski definition) is 0. The Hall–Kier alpha value is -2.58. The molecule has 1 aliphatic heterocycles. The van der Waals surface area contributed by atoms with E-state index in [1.165, 1.54) is 53.2 Å². The fourth-order valence-corrected chi connectivity index (χ4v) is 9.69. The highest BCUT2D eigenvalue weighted by Crippen LogP contribution is 2.45. The number of nitrogens with zero attached hydrogens (tertiary/aromatic N) is 1. The number of rotatable bonds is 1. The van der Waals surface area contributed by atoms with Crippen LogP contribution in [0.15, 0.2) is 71.9 Å². The van der Waals surface area contributed by atoms with E-state index in [1.807, 2.05) is 5.20 Å². The van der Waals surface area contributed by atoms with Gasteiger partial charge in [-0.1, -0.05) is 66.8 Å². The second kappa shape index (κ2) is 5.71. The van der Waals surface area contributed by atoms with Crippen molar-refractivity contribution in [3.63, 3.8) is 0 Å². The summed E-state index contributed by atoms with van der Waals surface area (Å²) in [6.45, 7) is 5.18. The molecule has 138 valence electrons. The van der Waals surface area contributed by atoms with Gasteiger partial charge in [-0.05, 0) is 60.2 Å². The van der Waals surface area contributed by atoms with Gasteiger partial charge in [0.2, 0.25) is 0 Å². The molecule has 0 amide bonds. The number of allylic oxidation sites excluding steroid dienone is 2. The number of para-hydroxylation sites is 2. The lowest BCUT2D eigenvalue weighted by molar-refractivity contribution is 0.733. The van der Waals surface area contributed by atoms with Gasteiger partial charge >= 0.3 is 0 Å². The highest BCUT2D eigenvalue weighted by Gasteiger charge is 2.42.